The molecule has 1 atom stereocenters. The van der Waals surface area contributed by atoms with Crippen LogP contribution in [0.2, 0.25) is 5.02 Å². The van der Waals surface area contributed by atoms with E-state index < -0.39 is 0 Å². The predicted octanol–water partition coefficient (Wildman–Crippen LogP) is 4.41. The van der Waals surface area contributed by atoms with Crippen molar-refractivity contribution >= 4 is 29.1 Å². The highest BCUT2D eigenvalue weighted by atomic mass is 35.5. The van der Waals surface area contributed by atoms with Crippen LogP contribution in [0, 0.1) is 0 Å². The first-order valence-corrected chi connectivity index (χ1v) is 9.77. The second-order valence-electron chi connectivity index (χ2n) is 5.68. The number of benzene rings is 2. The molecule has 0 aromatic heterocycles. The predicted molar refractivity (Wildman–Crippen MR) is 109 cm³/mol. The fraction of sp³-hybridized carbons (Fsp3) is 0.350. The number of carbonyl (C=O) groups excluding carboxylic acids is 1. The molecule has 0 saturated carbocycles. The number of carbonyl (C=O) groups is 1. The lowest BCUT2D eigenvalue weighted by atomic mass is 10.0. The number of halogens is 1. The third kappa shape index (κ3) is 5.54. The quantitative estimate of drug-likeness (QED) is 0.585. The number of ether oxygens (including phenoxy) is 3. The Kier molecular flexibility index (Phi) is 8.28. The zero-order chi connectivity index (χ0) is 19.8. The molecule has 0 aliphatic rings. The molecule has 27 heavy (non-hydrogen) atoms. The maximum Gasteiger partial charge on any atom is 0.203 e. The minimum absolute atomic E-state index is 0.00384. The van der Waals surface area contributed by atoms with Gasteiger partial charge in [-0.05, 0) is 42.0 Å². The number of Topliss-reactive ketones (excluding diaryl/α,β-unsaturated/α-hetero) is 1. The summed E-state index contributed by atoms with van der Waals surface area (Å²) >= 11 is 7.40. The number of thioether (sulfide) groups is 1. The van der Waals surface area contributed by atoms with Crippen molar-refractivity contribution < 1.29 is 24.1 Å². The van der Waals surface area contributed by atoms with Crippen molar-refractivity contribution in [1.29, 1.82) is 0 Å². The second kappa shape index (κ2) is 10.4. The number of ketones is 1. The summed E-state index contributed by atoms with van der Waals surface area (Å²) < 4.78 is 16.2. The average Bonchev–Trinajstić information content (AvgIpc) is 2.70. The van der Waals surface area contributed by atoms with E-state index in [-0.39, 0.29) is 24.1 Å². The van der Waals surface area contributed by atoms with Crippen LogP contribution in [-0.2, 0) is 0 Å². The summed E-state index contributed by atoms with van der Waals surface area (Å²) in [5, 5.41) is 9.65. The highest BCUT2D eigenvalue weighted by molar-refractivity contribution is 7.99. The fourth-order valence-corrected chi connectivity index (χ4v) is 3.79. The number of hydrogen-bond donors (Lipinski definition) is 1. The number of hydrogen-bond acceptors (Lipinski definition) is 6. The zero-order valence-electron chi connectivity index (χ0n) is 15.5. The molecule has 0 spiro atoms. The van der Waals surface area contributed by atoms with Crippen molar-refractivity contribution in [3.63, 3.8) is 0 Å². The summed E-state index contributed by atoms with van der Waals surface area (Å²) in [5.74, 6) is 2.06. The van der Waals surface area contributed by atoms with Crippen molar-refractivity contribution in [2.24, 2.45) is 0 Å². The SMILES string of the molecule is COc1cc([C@H](CC(=O)c2ccc(Cl)cc2)SCCO)cc(OC)c1OC. The van der Waals surface area contributed by atoms with Gasteiger partial charge in [-0.15, -0.1) is 0 Å². The van der Waals surface area contributed by atoms with Gasteiger partial charge in [0.2, 0.25) is 5.75 Å². The molecule has 0 heterocycles. The molecule has 0 aliphatic heterocycles. The molecule has 2 rings (SSSR count). The normalized spacial score (nSPS) is 11.7. The lowest BCUT2D eigenvalue weighted by Crippen LogP contribution is -2.08. The number of methoxy groups -OCH3 is 3. The van der Waals surface area contributed by atoms with Gasteiger partial charge < -0.3 is 19.3 Å². The summed E-state index contributed by atoms with van der Waals surface area (Å²) in [5.41, 5.74) is 1.46. The number of aliphatic hydroxyl groups excluding tert-OH is 1. The minimum Gasteiger partial charge on any atom is -0.493 e. The van der Waals surface area contributed by atoms with Gasteiger partial charge in [0, 0.05) is 28.0 Å². The molecule has 0 bridgehead atoms. The van der Waals surface area contributed by atoms with E-state index in [0.29, 0.717) is 33.6 Å². The van der Waals surface area contributed by atoms with Gasteiger partial charge in [-0.1, -0.05) is 11.6 Å². The van der Waals surface area contributed by atoms with Gasteiger partial charge in [0.25, 0.3) is 0 Å². The van der Waals surface area contributed by atoms with Crippen LogP contribution in [0.3, 0.4) is 0 Å². The maximum absolute atomic E-state index is 12.7. The lowest BCUT2D eigenvalue weighted by molar-refractivity contribution is 0.0982. The summed E-state index contributed by atoms with van der Waals surface area (Å²) in [6.07, 6.45) is 0.269. The molecule has 2 aromatic carbocycles. The molecule has 2 aromatic rings. The van der Waals surface area contributed by atoms with Crippen LogP contribution < -0.4 is 14.2 Å². The molecule has 0 aliphatic carbocycles. The topological polar surface area (TPSA) is 65.0 Å². The number of rotatable bonds is 10. The van der Waals surface area contributed by atoms with Crippen LogP contribution in [0.1, 0.15) is 27.6 Å². The Labute approximate surface area is 168 Å². The van der Waals surface area contributed by atoms with Gasteiger partial charge in [-0.3, -0.25) is 4.79 Å². The van der Waals surface area contributed by atoms with Crippen molar-refractivity contribution in [3.05, 3.63) is 52.5 Å². The molecule has 0 fully saturated rings. The monoisotopic (exact) mass is 410 g/mol. The Morgan fingerprint density at radius 2 is 1.67 bits per heavy atom. The van der Waals surface area contributed by atoms with Crippen molar-refractivity contribution in [3.8, 4) is 17.2 Å². The zero-order valence-corrected chi connectivity index (χ0v) is 17.1. The molecular formula is C20H23ClO5S. The van der Waals surface area contributed by atoms with Crippen LogP contribution in [0.15, 0.2) is 36.4 Å². The van der Waals surface area contributed by atoms with Gasteiger partial charge in [0.1, 0.15) is 0 Å². The van der Waals surface area contributed by atoms with E-state index in [9.17, 15) is 9.90 Å². The third-order valence-corrected chi connectivity index (χ3v) is 5.52. The molecule has 0 saturated heterocycles. The smallest absolute Gasteiger partial charge is 0.203 e. The molecule has 1 N–H and O–H groups in total. The highest BCUT2D eigenvalue weighted by Gasteiger charge is 2.22. The summed E-state index contributed by atoms with van der Waals surface area (Å²) in [6, 6.07) is 10.5. The minimum atomic E-state index is -0.172. The van der Waals surface area contributed by atoms with E-state index in [0.717, 1.165) is 5.56 Å². The fourth-order valence-electron chi connectivity index (χ4n) is 2.68. The van der Waals surface area contributed by atoms with Gasteiger partial charge in [0.05, 0.1) is 27.9 Å². The number of aliphatic hydroxyl groups is 1. The first-order chi connectivity index (χ1) is 13.0. The second-order valence-corrected chi connectivity index (χ2v) is 7.42. The van der Waals surface area contributed by atoms with Gasteiger partial charge in [0.15, 0.2) is 17.3 Å². The first-order valence-electron chi connectivity index (χ1n) is 8.35. The van der Waals surface area contributed by atoms with E-state index in [1.165, 1.54) is 11.8 Å². The standard InChI is InChI=1S/C20H23ClO5S/c1-24-17-10-14(11-18(25-2)20(17)26-3)19(27-9-8-22)12-16(23)13-4-6-15(21)7-5-13/h4-7,10-11,19,22H,8-9,12H2,1-3H3/t19-/m0/s1. The molecule has 5 nitrogen and oxygen atoms in total. The largest absolute Gasteiger partial charge is 0.493 e. The molecule has 0 unspecified atom stereocenters. The Morgan fingerprint density at radius 3 is 2.15 bits per heavy atom. The van der Waals surface area contributed by atoms with E-state index >= 15 is 0 Å². The van der Waals surface area contributed by atoms with E-state index in [1.807, 2.05) is 12.1 Å². The molecule has 7 heteroatoms. The third-order valence-electron chi connectivity index (χ3n) is 4.01. The highest BCUT2D eigenvalue weighted by Crippen LogP contribution is 2.43. The van der Waals surface area contributed by atoms with Crippen LogP contribution in [0.4, 0.5) is 0 Å². The van der Waals surface area contributed by atoms with Crippen molar-refractivity contribution in [1.82, 2.24) is 0 Å². The van der Waals surface area contributed by atoms with E-state index in [2.05, 4.69) is 0 Å². The molecule has 146 valence electrons. The maximum atomic E-state index is 12.7. The van der Waals surface area contributed by atoms with E-state index in [1.54, 1.807) is 45.6 Å². The molecular weight excluding hydrogens is 388 g/mol. The average molecular weight is 411 g/mol. The Bertz CT molecular complexity index is 738. The summed E-state index contributed by atoms with van der Waals surface area (Å²) in [4.78, 5) is 12.7. The molecule has 0 amide bonds. The van der Waals surface area contributed by atoms with Crippen LogP contribution in [0.5, 0.6) is 17.2 Å². The Morgan fingerprint density at radius 1 is 1.07 bits per heavy atom. The summed E-state index contributed by atoms with van der Waals surface area (Å²) in [7, 11) is 4.65. The Hall–Kier alpha value is -1.89. The van der Waals surface area contributed by atoms with Gasteiger partial charge in [-0.2, -0.15) is 11.8 Å². The molecule has 0 radical (unpaired) electrons. The Balaban J connectivity index is 2.35. The van der Waals surface area contributed by atoms with Crippen molar-refractivity contribution in [2.75, 3.05) is 33.7 Å². The summed E-state index contributed by atoms with van der Waals surface area (Å²) in [6.45, 7) is 0.0285. The van der Waals surface area contributed by atoms with Crippen LogP contribution in [-0.4, -0.2) is 44.6 Å². The van der Waals surface area contributed by atoms with Crippen LogP contribution >= 0.6 is 23.4 Å². The van der Waals surface area contributed by atoms with Gasteiger partial charge >= 0.3 is 0 Å². The van der Waals surface area contributed by atoms with Gasteiger partial charge in [-0.25, -0.2) is 0 Å². The first kappa shape index (κ1) is 21.4. The van der Waals surface area contributed by atoms with E-state index in [4.69, 9.17) is 25.8 Å². The van der Waals surface area contributed by atoms with Crippen LogP contribution in [0.25, 0.3) is 0 Å². The lowest BCUT2D eigenvalue weighted by Gasteiger charge is -2.20. The van der Waals surface area contributed by atoms with Crippen molar-refractivity contribution in [2.45, 2.75) is 11.7 Å².